The summed E-state index contributed by atoms with van der Waals surface area (Å²) in [5, 5.41) is 13.9. The Labute approximate surface area is 144 Å². The molecule has 0 spiro atoms. The summed E-state index contributed by atoms with van der Waals surface area (Å²) in [6, 6.07) is 7.85. The predicted molar refractivity (Wildman–Crippen MR) is 90.7 cm³/mol. The zero-order valence-electron chi connectivity index (χ0n) is 13.5. The van der Waals surface area contributed by atoms with Gasteiger partial charge in [0.05, 0.1) is 23.4 Å². The molecule has 2 rings (SSSR count). The first-order chi connectivity index (χ1) is 11.4. The van der Waals surface area contributed by atoms with Crippen molar-refractivity contribution in [2.45, 2.75) is 19.9 Å². The minimum absolute atomic E-state index is 0.0111. The fourth-order valence-corrected chi connectivity index (χ4v) is 2.02. The maximum atomic E-state index is 11.8. The fraction of sp³-hybridized carbons (Fsp3) is 0.250. The number of benzene rings is 1. The number of amides is 1. The molecule has 8 heteroatoms. The summed E-state index contributed by atoms with van der Waals surface area (Å²) < 4.78 is 4.67. The Bertz CT molecular complexity index is 747. The van der Waals surface area contributed by atoms with Gasteiger partial charge in [0.2, 0.25) is 0 Å². The van der Waals surface area contributed by atoms with E-state index in [1.165, 1.54) is 7.11 Å². The van der Waals surface area contributed by atoms with Gasteiger partial charge in [-0.15, -0.1) is 10.2 Å². The van der Waals surface area contributed by atoms with Crippen molar-refractivity contribution in [3.05, 3.63) is 46.6 Å². The minimum Gasteiger partial charge on any atom is -0.465 e. The number of esters is 1. The minimum atomic E-state index is -0.471. The van der Waals surface area contributed by atoms with Gasteiger partial charge in [-0.05, 0) is 44.2 Å². The second kappa shape index (κ2) is 7.74. The topological polar surface area (TPSA) is 93.2 Å². The summed E-state index contributed by atoms with van der Waals surface area (Å²) in [7, 11) is 1.30. The van der Waals surface area contributed by atoms with Crippen LogP contribution in [-0.4, -0.2) is 35.2 Å². The van der Waals surface area contributed by atoms with Gasteiger partial charge in [0, 0.05) is 6.04 Å². The van der Waals surface area contributed by atoms with Crippen LogP contribution in [0.5, 0.6) is 0 Å². The van der Waals surface area contributed by atoms with E-state index in [1.807, 2.05) is 13.8 Å². The van der Waals surface area contributed by atoms with Crippen molar-refractivity contribution in [2.24, 2.45) is 0 Å². The van der Waals surface area contributed by atoms with Crippen LogP contribution in [0.3, 0.4) is 0 Å². The van der Waals surface area contributed by atoms with Crippen LogP contribution < -0.4 is 10.6 Å². The van der Waals surface area contributed by atoms with Crippen molar-refractivity contribution in [2.75, 3.05) is 12.4 Å². The summed E-state index contributed by atoms with van der Waals surface area (Å²) >= 11 is 6.11. The zero-order valence-corrected chi connectivity index (χ0v) is 14.2. The fourth-order valence-electron chi connectivity index (χ4n) is 1.86. The van der Waals surface area contributed by atoms with Gasteiger partial charge in [0.25, 0.3) is 5.91 Å². The first-order valence-corrected chi connectivity index (χ1v) is 7.58. The largest absolute Gasteiger partial charge is 0.465 e. The van der Waals surface area contributed by atoms with Gasteiger partial charge in [0.15, 0.2) is 11.5 Å². The van der Waals surface area contributed by atoms with Crippen LogP contribution in [0.15, 0.2) is 30.3 Å². The SMILES string of the molecule is COC(=O)c1ccc(Cl)c(Nc2ccc(C(=O)NC(C)C)nn2)c1. The van der Waals surface area contributed by atoms with Crippen LogP contribution >= 0.6 is 11.6 Å². The standard InChI is InChI=1S/C16H17ClN4O3/c1-9(2)18-15(22)12-6-7-14(21-20-12)19-13-8-10(16(23)24-3)4-5-11(13)17/h4-9H,1-3H3,(H,18,22)(H,19,21). The highest BCUT2D eigenvalue weighted by atomic mass is 35.5. The molecular formula is C16H17ClN4O3. The number of methoxy groups -OCH3 is 1. The number of carbonyl (C=O) groups is 2. The first-order valence-electron chi connectivity index (χ1n) is 7.20. The van der Waals surface area contributed by atoms with Gasteiger partial charge >= 0.3 is 5.97 Å². The summed E-state index contributed by atoms with van der Waals surface area (Å²) in [6.07, 6.45) is 0. The number of nitrogens with one attached hydrogen (secondary N) is 2. The van der Waals surface area contributed by atoms with E-state index in [2.05, 4.69) is 25.6 Å². The monoisotopic (exact) mass is 348 g/mol. The Balaban J connectivity index is 2.17. The Morgan fingerprint density at radius 1 is 1.17 bits per heavy atom. The average Bonchev–Trinajstić information content (AvgIpc) is 2.56. The first kappa shape index (κ1) is 17.7. The van der Waals surface area contributed by atoms with Crippen LogP contribution in [0.25, 0.3) is 0 Å². The molecule has 0 unspecified atom stereocenters. The lowest BCUT2D eigenvalue weighted by Gasteiger charge is -2.10. The molecule has 1 aromatic carbocycles. The molecule has 7 nitrogen and oxygen atoms in total. The lowest BCUT2D eigenvalue weighted by atomic mass is 10.2. The molecule has 0 aliphatic rings. The van der Waals surface area contributed by atoms with E-state index in [0.717, 1.165) is 0 Å². The van der Waals surface area contributed by atoms with Gasteiger partial charge in [-0.1, -0.05) is 11.6 Å². The van der Waals surface area contributed by atoms with Crippen molar-refractivity contribution in [3.8, 4) is 0 Å². The molecule has 1 amide bonds. The molecule has 0 saturated carbocycles. The second-order valence-electron chi connectivity index (χ2n) is 5.24. The quantitative estimate of drug-likeness (QED) is 0.807. The second-order valence-corrected chi connectivity index (χ2v) is 5.65. The van der Waals surface area contributed by atoms with Crippen molar-refractivity contribution < 1.29 is 14.3 Å². The molecule has 0 radical (unpaired) electrons. The predicted octanol–water partition coefficient (Wildman–Crippen LogP) is 2.80. The van der Waals surface area contributed by atoms with E-state index in [-0.39, 0.29) is 17.6 Å². The number of nitrogens with zero attached hydrogens (tertiary/aromatic N) is 2. The summed E-state index contributed by atoms with van der Waals surface area (Å²) in [4.78, 5) is 23.4. The Morgan fingerprint density at radius 3 is 2.50 bits per heavy atom. The summed E-state index contributed by atoms with van der Waals surface area (Å²) in [6.45, 7) is 3.72. The molecule has 126 valence electrons. The van der Waals surface area contributed by atoms with Gasteiger partial charge in [-0.3, -0.25) is 4.79 Å². The van der Waals surface area contributed by atoms with Crippen LogP contribution in [0.4, 0.5) is 11.5 Å². The van der Waals surface area contributed by atoms with Crippen molar-refractivity contribution in [3.63, 3.8) is 0 Å². The van der Waals surface area contributed by atoms with E-state index < -0.39 is 5.97 Å². The molecule has 2 N–H and O–H groups in total. The number of hydrogen-bond donors (Lipinski definition) is 2. The number of hydrogen-bond acceptors (Lipinski definition) is 6. The number of halogens is 1. The number of anilines is 2. The number of ether oxygens (including phenoxy) is 1. The smallest absolute Gasteiger partial charge is 0.337 e. The molecule has 2 aromatic rings. The highest BCUT2D eigenvalue weighted by molar-refractivity contribution is 6.33. The maximum absolute atomic E-state index is 11.8. The van der Waals surface area contributed by atoms with Gasteiger partial charge < -0.3 is 15.4 Å². The summed E-state index contributed by atoms with van der Waals surface area (Å²) in [5.74, 6) is -0.378. The van der Waals surface area contributed by atoms with E-state index in [4.69, 9.17) is 11.6 Å². The Hall–Kier alpha value is -2.67. The van der Waals surface area contributed by atoms with Crippen LogP contribution in [-0.2, 0) is 4.74 Å². The number of carbonyl (C=O) groups excluding carboxylic acids is 2. The molecule has 0 aliphatic heterocycles. The van der Waals surface area contributed by atoms with Gasteiger partial charge in [-0.2, -0.15) is 0 Å². The molecule has 1 aromatic heterocycles. The molecule has 24 heavy (non-hydrogen) atoms. The molecule has 0 saturated heterocycles. The van der Waals surface area contributed by atoms with E-state index >= 15 is 0 Å². The third kappa shape index (κ3) is 4.42. The van der Waals surface area contributed by atoms with Gasteiger partial charge in [0.1, 0.15) is 0 Å². The molecule has 0 bridgehead atoms. The third-order valence-corrected chi connectivity index (χ3v) is 3.30. The normalized spacial score (nSPS) is 10.4. The third-order valence-electron chi connectivity index (χ3n) is 2.97. The molecular weight excluding hydrogens is 332 g/mol. The highest BCUT2D eigenvalue weighted by Gasteiger charge is 2.12. The van der Waals surface area contributed by atoms with Crippen molar-refractivity contribution in [1.29, 1.82) is 0 Å². The molecule has 0 fully saturated rings. The number of aromatic nitrogens is 2. The lowest BCUT2D eigenvalue weighted by molar-refractivity contribution is 0.0600. The van der Waals surface area contributed by atoms with E-state index in [0.29, 0.717) is 22.1 Å². The van der Waals surface area contributed by atoms with Crippen LogP contribution in [0.1, 0.15) is 34.7 Å². The van der Waals surface area contributed by atoms with Crippen LogP contribution in [0.2, 0.25) is 5.02 Å². The Morgan fingerprint density at radius 2 is 1.92 bits per heavy atom. The number of rotatable bonds is 5. The van der Waals surface area contributed by atoms with E-state index in [1.54, 1.807) is 30.3 Å². The molecule has 0 atom stereocenters. The van der Waals surface area contributed by atoms with Crippen molar-refractivity contribution in [1.82, 2.24) is 15.5 Å². The van der Waals surface area contributed by atoms with Crippen molar-refractivity contribution >= 4 is 35.0 Å². The highest BCUT2D eigenvalue weighted by Crippen LogP contribution is 2.26. The lowest BCUT2D eigenvalue weighted by Crippen LogP contribution is -2.30. The zero-order chi connectivity index (χ0) is 17.7. The summed E-state index contributed by atoms with van der Waals surface area (Å²) in [5.41, 5.74) is 1.04. The van der Waals surface area contributed by atoms with Gasteiger partial charge in [-0.25, -0.2) is 4.79 Å². The Kier molecular flexibility index (Phi) is 5.70. The van der Waals surface area contributed by atoms with Crippen LogP contribution in [0, 0.1) is 0 Å². The average molecular weight is 349 g/mol. The molecule has 1 heterocycles. The maximum Gasteiger partial charge on any atom is 0.337 e. The molecule has 0 aliphatic carbocycles. The van der Waals surface area contributed by atoms with E-state index in [9.17, 15) is 9.59 Å².